The Balaban J connectivity index is 1.69. The Bertz CT molecular complexity index is 1050. The summed E-state index contributed by atoms with van der Waals surface area (Å²) in [6.45, 7) is 1.14. The number of benzene rings is 2. The third-order valence-electron chi connectivity index (χ3n) is 4.42. The number of halogens is 3. The van der Waals surface area contributed by atoms with E-state index in [4.69, 9.17) is 0 Å². The van der Waals surface area contributed by atoms with Crippen molar-refractivity contribution in [1.82, 2.24) is 14.9 Å². The quantitative estimate of drug-likeness (QED) is 0.635. The fourth-order valence-electron chi connectivity index (χ4n) is 2.86. The molecule has 0 aliphatic heterocycles. The van der Waals surface area contributed by atoms with Gasteiger partial charge in [0.05, 0.1) is 5.56 Å². The van der Waals surface area contributed by atoms with E-state index in [1.807, 2.05) is 30.3 Å². The predicted molar refractivity (Wildman–Crippen MR) is 109 cm³/mol. The lowest BCUT2D eigenvalue weighted by Gasteiger charge is -2.22. The Morgan fingerprint density at radius 1 is 1.00 bits per heavy atom. The minimum absolute atomic E-state index is 0.0972. The van der Waals surface area contributed by atoms with Gasteiger partial charge < -0.3 is 10.2 Å². The first-order valence-corrected chi connectivity index (χ1v) is 9.41. The molecule has 0 radical (unpaired) electrons. The van der Waals surface area contributed by atoms with Crippen LogP contribution in [0.25, 0.3) is 11.4 Å². The van der Waals surface area contributed by atoms with Crippen molar-refractivity contribution in [3.05, 3.63) is 78.1 Å². The summed E-state index contributed by atoms with van der Waals surface area (Å²) in [6, 6.07) is 15.6. The average molecular weight is 428 g/mol. The van der Waals surface area contributed by atoms with E-state index >= 15 is 0 Å². The second-order valence-electron chi connectivity index (χ2n) is 6.63. The van der Waals surface area contributed by atoms with Crippen molar-refractivity contribution in [2.24, 2.45) is 0 Å². The Hall–Kier alpha value is -3.75. The number of carbonyl (C=O) groups is 2. The summed E-state index contributed by atoms with van der Waals surface area (Å²) in [7, 11) is 0. The van der Waals surface area contributed by atoms with Gasteiger partial charge in [-0.1, -0.05) is 42.5 Å². The maximum atomic E-state index is 12.7. The smallest absolute Gasteiger partial charge is 0.331 e. The molecule has 0 unspecified atom stereocenters. The predicted octanol–water partition coefficient (Wildman–Crippen LogP) is 4.31. The maximum Gasteiger partial charge on any atom is 0.471 e. The zero-order chi connectivity index (χ0) is 22.4. The molecule has 0 aliphatic rings. The van der Waals surface area contributed by atoms with Gasteiger partial charge >= 0.3 is 12.1 Å². The molecule has 0 bridgehead atoms. The summed E-state index contributed by atoms with van der Waals surface area (Å²) in [6.07, 6.45) is -2.14. The van der Waals surface area contributed by atoms with E-state index in [0.717, 1.165) is 5.56 Å². The van der Waals surface area contributed by atoms with Gasteiger partial charge in [0.2, 0.25) is 0 Å². The van der Waals surface area contributed by atoms with Crippen molar-refractivity contribution >= 4 is 17.5 Å². The number of hydrogen-bond acceptors (Lipinski definition) is 4. The summed E-state index contributed by atoms with van der Waals surface area (Å²) in [4.78, 5) is 33.1. The van der Waals surface area contributed by atoms with Crippen LogP contribution in [-0.4, -0.2) is 39.4 Å². The van der Waals surface area contributed by atoms with Gasteiger partial charge in [-0.3, -0.25) is 9.59 Å². The first-order valence-electron chi connectivity index (χ1n) is 9.41. The second-order valence-corrected chi connectivity index (χ2v) is 6.63. The van der Waals surface area contributed by atoms with Crippen LogP contribution in [0.4, 0.5) is 18.9 Å². The maximum absolute atomic E-state index is 12.7. The molecule has 0 atom stereocenters. The van der Waals surface area contributed by atoms with Gasteiger partial charge in [-0.25, -0.2) is 9.97 Å². The highest BCUT2D eigenvalue weighted by Crippen LogP contribution is 2.21. The first-order chi connectivity index (χ1) is 14.8. The molecule has 3 rings (SSSR count). The van der Waals surface area contributed by atoms with Gasteiger partial charge in [0.1, 0.15) is 0 Å². The molecule has 9 heteroatoms. The first kappa shape index (κ1) is 21.9. The van der Waals surface area contributed by atoms with Crippen LogP contribution in [0.3, 0.4) is 0 Å². The van der Waals surface area contributed by atoms with Crippen molar-refractivity contribution < 1.29 is 22.8 Å². The summed E-state index contributed by atoms with van der Waals surface area (Å²) < 4.78 is 38.1. The highest BCUT2D eigenvalue weighted by Gasteiger charge is 2.41. The molecule has 0 saturated carbocycles. The number of carbonyl (C=O) groups excluding carboxylic acids is 2. The fraction of sp³-hybridized carbons (Fsp3) is 0.182. The molecule has 2 amide bonds. The lowest BCUT2D eigenvalue weighted by Crippen LogP contribution is -2.40. The Morgan fingerprint density at radius 3 is 2.29 bits per heavy atom. The van der Waals surface area contributed by atoms with E-state index in [-0.39, 0.29) is 18.7 Å². The van der Waals surface area contributed by atoms with E-state index in [0.29, 0.717) is 22.0 Å². The monoisotopic (exact) mass is 428 g/mol. The van der Waals surface area contributed by atoms with Gasteiger partial charge in [0, 0.05) is 36.7 Å². The molecule has 1 heterocycles. The van der Waals surface area contributed by atoms with Crippen LogP contribution >= 0.6 is 0 Å². The van der Waals surface area contributed by atoms with Gasteiger partial charge in [-0.05, 0) is 24.6 Å². The molecule has 0 aliphatic carbocycles. The Kier molecular flexibility index (Phi) is 6.64. The van der Waals surface area contributed by atoms with Crippen molar-refractivity contribution in [3.8, 4) is 11.4 Å². The normalized spacial score (nSPS) is 11.1. The van der Waals surface area contributed by atoms with Crippen molar-refractivity contribution in [2.75, 3.05) is 11.9 Å². The van der Waals surface area contributed by atoms with Crippen LogP contribution in [0.2, 0.25) is 0 Å². The molecule has 1 aromatic heterocycles. The largest absolute Gasteiger partial charge is 0.471 e. The number of alkyl halides is 3. The molecule has 160 valence electrons. The van der Waals surface area contributed by atoms with Crippen LogP contribution in [-0.2, 0) is 11.3 Å². The van der Waals surface area contributed by atoms with Gasteiger partial charge in [0.15, 0.2) is 5.82 Å². The molecule has 6 nitrogen and oxygen atoms in total. The minimum atomic E-state index is -4.94. The summed E-state index contributed by atoms with van der Waals surface area (Å²) in [5.41, 5.74) is 1.88. The Morgan fingerprint density at radius 2 is 1.68 bits per heavy atom. The van der Waals surface area contributed by atoms with Gasteiger partial charge in [-0.2, -0.15) is 13.2 Å². The highest BCUT2D eigenvalue weighted by atomic mass is 19.4. The third kappa shape index (κ3) is 5.65. The van der Waals surface area contributed by atoms with Gasteiger partial charge in [-0.15, -0.1) is 0 Å². The number of amides is 2. The van der Waals surface area contributed by atoms with Crippen LogP contribution < -0.4 is 5.32 Å². The lowest BCUT2D eigenvalue weighted by molar-refractivity contribution is -0.185. The molecule has 3 aromatic rings. The van der Waals surface area contributed by atoms with E-state index < -0.39 is 18.0 Å². The molecule has 1 N–H and O–H groups in total. The standard InChI is InChI=1S/C22H19F3N4O2/c1-2-29(21(31)22(23,24)25)14-15-7-6-10-18(11-15)28-20(30)17-12-26-19(27-13-17)16-8-4-3-5-9-16/h3-13H,2,14H2,1H3,(H,28,30). The number of nitrogens with one attached hydrogen (secondary N) is 1. The van der Waals surface area contributed by atoms with Crippen LogP contribution in [0.5, 0.6) is 0 Å². The van der Waals surface area contributed by atoms with E-state index in [1.54, 1.807) is 18.2 Å². The van der Waals surface area contributed by atoms with Gasteiger partial charge in [0.25, 0.3) is 5.91 Å². The summed E-state index contributed by atoms with van der Waals surface area (Å²) in [5.74, 6) is -1.89. The zero-order valence-corrected chi connectivity index (χ0v) is 16.6. The van der Waals surface area contributed by atoms with Crippen molar-refractivity contribution in [2.45, 2.75) is 19.6 Å². The lowest BCUT2D eigenvalue weighted by atomic mass is 10.1. The zero-order valence-electron chi connectivity index (χ0n) is 16.6. The Labute approximate surface area is 176 Å². The van der Waals surface area contributed by atoms with E-state index in [2.05, 4.69) is 15.3 Å². The van der Waals surface area contributed by atoms with E-state index in [9.17, 15) is 22.8 Å². The molecule has 31 heavy (non-hydrogen) atoms. The number of anilines is 1. The molecule has 2 aromatic carbocycles. The fourth-order valence-corrected chi connectivity index (χ4v) is 2.86. The van der Waals surface area contributed by atoms with Crippen molar-refractivity contribution in [3.63, 3.8) is 0 Å². The molecular weight excluding hydrogens is 409 g/mol. The molecule has 0 fully saturated rings. The van der Waals surface area contributed by atoms with Crippen LogP contribution in [0.15, 0.2) is 67.0 Å². The molecule has 0 saturated heterocycles. The summed E-state index contributed by atoms with van der Waals surface area (Å²) >= 11 is 0. The highest BCUT2D eigenvalue weighted by molar-refractivity contribution is 6.04. The number of hydrogen-bond donors (Lipinski definition) is 1. The number of aromatic nitrogens is 2. The topological polar surface area (TPSA) is 75.2 Å². The van der Waals surface area contributed by atoms with Crippen molar-refractivity contribution in [1.29, 1.82) is 0 Å². The molecule has 0 spiro atoms. The number of rotatable bonds is 6. The average Bonchev–Trinajstić information content (AvgIpc) is 2.77. The number of nitrogens with zero attached hydrogens (tertiary/aromatic N) is 3. The summed E-state index contributed by atoms with van der Waals surface area (Å²) in [5, 5.41) is 2.66. The minimum Gasteiger partial charge on any atom is -0.331 e. The van der Waals surface area contributed by atoms with Crippen LogP contribution in [0, 0.1) is 0 Å². The SMILES string of the molecule is CCN(Cc1cccc(NC(=O)c2cnc(-c3ccccc3)nc2)c1)C(=O)C(F)(F)F. The van der Waals surface area contributed by atoms with E-state index in [1.165, 1.54) is 25.4 Å². The van der Waals surface area contributed by atoms with Crippen LogP contribution in [0.1, 0.15) is 22.8 Å². The third-order valence-corrected chi connectivity index (χ3v) is 4.42. The second kappa shape index (κ2) is 9.38. The molecular formula is C22H19F3N4O2.